The van der Waals surface area contributed by atoms with Gasteiger partial charge in [-0.15, -0.1) is 11.3 Å². The van der Waals surface area contributed by atoms with Crippen molar-refractivity contribution in [2.75, 3.05) is 18.1 Å². The summed E-state index contributed by atoms with van der Waals surface area (Å²) in [5.41, 5.74) is 0.892. The second-order valence-electron chi connectivity index (χ2n) is 6.40. The van der Waals surface area contributed by atoms with Crippen LogP contribution in [0.5, 0.6) is 5.75 Å². The molecule has 158 valence electrons. The van der Waals surface area contributed by atoms with Crippen LogP contribution in [0.4, 0.5) is 18.9 Å². The first-order valence-corrected chi connectivity index (χ1v) is 9.90. The first-order valence-electron chi connectivity index (χ1n) is 9.08. The number of nitrogens with zero attached hydrogens (tertiary/aromatic N) is 2. The molecule has 0 unspecified atom stereocenters. The number of hydrogen-bond acceptors (Lipinski definition) is 5. The smallest absolute Gasteiger partial charge is 0.416 e. The fraction of sp³-hybridized carbons (Fsp3) is 0.238. The van der Waals surface area contributed by atoms with Gasteiger partial charge >= 0.3 is 12.1 Å². The third-order valence-corrected chi connectivity index (χ3v) is 5.34. The molecule has 0 aliphatic rings. The predicted molar refractivity (Wildman–Crippen MR) is 109 cm³/mol. The number of carbonyl (C=O) groups is 1. The van der Waals surface area contributed by atoms with Crippen LogP contribution in [0.3, 0.4) is 0 Å². The van der Waals surface area contributed by atoms with Crippen molar-refractivity contribution in [3.8, 4) is 16.3 Å². The van der Waals surface area contributed by atoms with E-state index in [1.54, 1.807) is 18.3 Å². The highest BCUT2D eigenvalue weighted by Gasteiger charge is 2.30. The van der Waals surface area contributed by atoms with Gasteiger partial charge in [0.2, 0.25) is 0 Å². The van der Waals surface area contributed by atoms with Gasteiger partial charge in [0.05, 0.1) is 12.1 Å². The Morgan fingerprint density at radius 1 is 1.13 bits per heavy atom. The van der Waals surface area contributed by atoms with Gasteiger partial charge in [0.25, 0.3) is 0 Å². The highest BCUT2D eigenvalue weighted by atomic mass is 32.1. The molecule has 30 heavy (non-hydrogen) atoms. The van der Waals surface area contributed by atoms with Crippen LogP contribution < -0.4 is 9.64 Å². The number of alkyl halides is 3. The van der Waals surface area contributed by atoms with Gasteiger partial charge in [-0.05, 0) is 43.3 Å². The van der Waals surface area contributed by atoms with Gasteiger partial charge in [0, 0.05) is 28.9 Å². The first-order chi connectivity index (χ1) is 14.3. The number of ether oxygens (including phenoxy) is 1. The number of rotatable bonds is 8. The number of benzene rings is 2. The molecular weight excluding hydrogens is 417 g/mol. The van der Waals surface area contributed by atoms with Crippen molar-refractivity contribution < 1.29 is 27.8 Å². The molecule has 0 spiro atoms. The molecule has 0 bridgehead atoms. The van der Waals surface area contributed by atoms with E-state index in [0.29, 0.717) is 22.9 Å². The number of carboxylic acids is 1. The molecule has 0 saturated heterocycles. The Kier molecular flexibility index (Phi) is 6.61. The summed E-state index contributed by atoms with van der Waals surface area (Å²) in [5.74, 6) is -0.567. The molecule has 0 aliphatic carbocycles. The van der Waals surface area contributed by atoms with Crippen LogP contribution in [-0.4, -0.2) is 29.2 Å². The maximum Gasteiger partial charge on any atom is 0.416 e. The number of thiazole rings is 1. The molecule has 0 saturated carbocycles. The Balaban J connectivity index is 1.68. The van der Waals surface area contributed by atoms with Crippen LogP contribution in [0.25, 0.3) is 10.6 Å². The molecule has 3 rings (SSSR count). The lowest BCUT2D eigenvalue weighted by Crippen LogP contribution is -2.21. The highest BCUT2D eigenvalue weighted by Crippen LogP contribution is 2.32. The minimum absolute atomic E-state index is 0.398. The molecule has 1 aromatic heterocycles. The molecule has 9 heteroatoms. The van der Waals surface area contributed by atoms with E-state index in [0.717, 1.165) is 29.2 Å². The van der Waals surface area contributed by atoms with Crippen LogP contribution in [0.1, 0.15) is 17.4 Å². The van der Waals surface area contributed by atoms with Crippen molar-refractivity contribution in [1.29, 1.82) is 0 Å². The summed E-state index contributed by atoms with van der Waals surface area (Å²) in [6.45, 7) is 2.92. The average molecular weight is 436 g/mol. The van der Waals surface area contributed by atoms with Crippen molar-refractivity contribution in [2.24, 2.45) is 0 Å². The molecule has 0 atom stereocenters. The van der Waals surface area contributed by atoms with Crippen molar-refractivity contribution in [3.63, 3.8) is 0 Å². The van der Waals surface area contributed by atoms with E-state index < -0.39 is 24.3 Å². The molecule has 1 N–H and O–H groups in total. The van der Waals surface area contributed by atoms with E-state index in [-0.39, 0.29) is 0 Å². The lowest BCUT2D eigenvalue weighted by atomic mass is 10.1. The molecule has 2 aromatic carbocycles. The van der Waals surface area contributed by atoms with Gasteiger partial charge in [-0.2, -0.15) is 13.2 Å². The summed E-state index contributed by atoms with van der Waals surface area (Å²) in [7, 11) is 0. The van der Waals surface area contributed by atoms with E-state index in [1.807, 2.05) is 19.1 Å². The molecule has 0 fully saturated rings. The standard InChI is InChI=1S/C21H19F3N2O3S/c1-2-26(16-7-9-17(10-8-16)29-13-19(27)28)12-18-11-25-20(30-18)14-3-5-15(6-4-14)21(22,23)24/h3-11H,2,12-13H2,1H3,(H,27,28). The lowest BCUT2D eigenvalue weighted by Gasteiger charge is -2.22. The summed E-state index contributed by atoms with van der Waals surface area (Å²) in [6, 6.07) is 12.1. The Morgan fingerprint density at radius 3 is 2.37 bits per heavy atom. The monoisotopic (exact) mass is 436 g/mol. The van der Waals surface area contributed by atoms with Crippen LogP contribution >= 0.6 is 11.3 Å². The third-order valence-electron chi connectivity index (χ3n) is 4.31. The summed E-state index contributed by atoms with van der Waals surface area (Å²) in [4.78, 5) is 18.0. The fourth-order valence-corrected chi connectivity index (χ4v) is 3.72. The Morgan fingerprint density at radius 2 is 1.80 bits per heavy atom. The topological polar surface area (TPSA) is 62.7 Å². The maximum absolute atomic E-state index is 12.7. The molecule has 5 nitrogen and oxygen atoms in total. The van der Waals surface area contributed by atoms with Gasteiger partial charge in [-0.1, -0.05) is 12.1 Å². The van der Waals surface area contributed by atoms with Gasteiger partial charge in [-0.25, -0.2) is 9.78 Å². The van der Waals surface area contributed by atoms with Crippen LogP contribution in [0, 0.1) is 0 Å². The molecule has 0 radical (unpaired) electrons. The zero-order valence-electron chi connectivity index (χ0n) is 16.0. The van der Waals surface area contributed by atoms with Crippen LogP contribution in [0.2, 0.25) is 0 Å². The molecule has 1 heterocycles. The van der Waals surface area contributed by atoms with Gasteiger partial charge < -0.3 is 14.7 Å². The van der Waals surface area contributed by atoms with Crippen molar-refractivity contribution in [1.82, 2.24) is 4.98 Å². The van der Waals surface area contributed by atoms with Crippen molar-refractivity contribution in [3.05, 3.63) is 65.2 Å². The second-order valence-corrected chi connectivity index (χ2v) is 7.51. The molecule has 3 aromatic rings. The SMILES string of the molecule is CCN(Cc1cnc(-c2ccc(C(F)(F)F)cc2)s1)c1ccc(OCC(=O)O)cc1. The van der Waals surface area contributed by atoms with Crippen LogP contribution in [0.15, 0.2) is 54.7 Å². The Bertz CT molecular complexity index is 986. The van der Waals surface area contributed by atoms with Gasteiger partial charge in [-0.3, -0.25) is 0 Å². The number of aromatic nitrogens is 1. The van der Waals surface area contributed by atoms with E-state index in [1.165, 1.54) is 23.5 Å². The molecular formula is C21H19F3N2O3S. The minimum Gasteiger partial charge on any atom is -0.482 e. The van der Waals surface area contributed by atoms with Crippen molar-refractivity contribution >= 4 is 23.0 Å². The normalized spacial score (nSPS) is 11.3. The predicted octanol–water partition coefficient (Wildman–Crippen LogP) is 5.32. The fourth-order valence-electron chi connectivity index (χ4n) is 2.79. The van der Waals surface area contributed by atoms with Gasteiger partial charge in [0.15, 0.2) is 6.61 Å². The number of hydrogen-bond donors (Lipinski definition) is 1. The number of carboxylic acid groups (broad SMARTS) is 1. The lowest BCUT2D eigenvalue weighted by molar-refractivity contribution is -0.139. The number of anilines is 1. The summed E-state index contributed by atoms with van der Waals surface area (Å²) in [5, 5.41) is 9.32. The largest absolute Gasteiger partial charge is 0.482 e. The maximum atomic E-state index is 12.7. The van der Waals surface area contributed by atoms with E-state index >= 15 is 0 Å². The number of halogens is 3. The third kappa shape index (κ3) is 5.50. The van der Waals surface area contributed by atoms with E-state index in [4.69, 9.17) is 9.84 Å². The highest BCUT2D eigenvalue weighted by molar-refractivity contribution is 7.15. The average Bonchev–Trinajstić information content (AvgIpc) is 3.19. The Labute approximate surface area is 175 Å². The van der Waals surface area contributed by atoms with E-state index in [9.17, 15) is 18.0 Å². The summed E-state index contributed by atoms with van der Waals surface area (Å²) >= 11 is 1.43. The first kappa shape index (κ1) is 21.6. The zero-order chi connectivity index (χ0) is 21.7. The van der Waals surface area contributed by atoms with Crippen molar-refractivity contribution in [2.45, 2.75) is 19.6 Å². The molecule has 0 aliphatic heterocycles. The quantitative estimate of drug-likeness (QED) is 0.518. The van der Waals surface area contributed by atoms with Crippen LogP contribution in [-0.2, 0) is 17.5 Å². The summed E-state index contributed by atoms with van der Waals surface area (Å²) in [6.07, 6.45) is -2.63. The second kappa shape index (κ2) is 9.17. The molecule has 0 amide bonds. The minimum atomic E-state index is -4.36. The van der Waals surface area contributed by atoms with Gasteiger partial charge in [0.1, 0.15) is 10.8 Å². The van der Waals surface area contributed by atoms with E-state index in [2.05, 4.69) is 9.88 Å². The number of aliphatic carboxylic acids is 1. The Hall–Kier alpha value is -3.07. The summed E-state index contributed by atoms with van der Waals surface area (Å²) < 4.78 is 43.3. The zero-order valence-corrected chi connectivity index (χ0v) is 16.8.